The van der Waals surface area contributed by atoms with E-state index >= 15 is 0 Å². The van der Waals surface area contributed by atoms with Crippen LogP contribution in [0.4, 0.5) is 0 Å². The van der Waals surface area contributed by atoms with Crippen LogP contribution in [0.1, 0.15) is 36.5 Å². The summed E-state index contributed by atoms with van der Waals surface area (Å²) >= 11 is 9.63. The summed E-state index contributed by atoms with van der Waals surface area (Å²) in [5, 5.41) is 3.66. The second kappa shape index (κ2) is 14.0. The number of carbonyl (C=O) groups is 2. The first kappa shape index (κ1) is 27.8. The van der Waals surface area contributed by atoms with Crippen LogP contribution in [0.5, 0.6) is 5.75 Å². The van der Waals surface area contributed by atoms with E-state index in [2.05, 4.69) is 28.2 Å². The highest BCUT2D eigenvalue weighted by atomic mass is 79.9. The Balaban J connectivity index is 1.89. The quantitative estimate of drug-likeness (QED) is 0.258. The fraction of sp³-hybridized carbons (Fsp3) is 0.310. The van der Waals surface area contributed by atoms with Gasteiger partial charge in [-0.25, -0.2) is 0 Å². The van der Waals surface area contributed by atoms with Gasteiger partial charge in [-0.2, -0.15) is 0 Å². The Morgan fingerprint density at radius 2 is 1.78 bits per heavy atom. The van der Waals surface area contributed by atoms with Gasteiger partial charge in [0.05, 0.1) is 0 Å². The summed E-state index contributed by atoms with van der Waals surface area (Å²) in [5.41, 5.74) is 2.76. The monoisotopic (exact) mass is 570 g/mol. The van der Waals surface area contributed by atoms with Gasteiger partial charge in [-0.1, -0.05) is 83.3 Å². The molecule has 0 saturated heterocycles. The van der Waals surface area contributed by atoms with Crippen LogP contribution >= 0.6 is 27.5 Å². The van der Waals surface area contributed by atoms with Crippen LogP contribution in [0.3, 0.4) is 0 Å². The highest BCUT2D eigenvalue weighted by Gasteiger charge is 2.30. The number of hydrogen-bond acceptors (Lipinski definition) is 3. The second-order valence-corrected chi connectivity index (χ2v) is 10.0. The van der Waals surface area contributed by atoms with Gasteiger partial charge in [0.25, 0.3) is 5.91 Å². The predicted molar refractivity (Wildman–Crippen MR) is 148 cm³/mol. The molecule has 0 bridgehead atoms. The predicted octanol–water partition coefficient (Wildman–Crippen LogP) is 6.35. The van der Waals surface area contributed by atoms with Gasteiger partial charge >= 0.3 is 0 Å². The minimum atomic E-state index is -0.689. The lowest BCUT2D eigenvalue weighted by Gasteiger charge is -2.31. The van der Waals surface area contributed by atoms with Crippen molar-refractivity contribution in [3.05, 3.63) is 99.0 Å². The molecule has 7 heteroatoms. The molecule has 36 heavy (non-hydrogen) atoms. The number of benzene rings is 3. The Kier molecular flexibility index (Phi) is 10.8. The number of aryl methyl sites for hydroxylation is 1. The van der Waals surface area contributed by atoms with Crippen molar-refractivity contribution in [1.29, 1.82) is 0 Å². The molecule has 1 atom stereocenters. The van der Waals surface area contributed by atoms with Crippen molar-refractivity contribution >= 4 is 39.3 Å². The fourth-order valence-electron chi connectivity index (χ4n) is 3.83. The van der Waals surface area contributed by atoms with Crippen LogP contribution in [0.25, 0.3) is 0 Å². The molecular weight excluding hydrogens is 540 g/mol. The fourth-order valence-corrected chi connectivity index (χ4v) is 4.39. The van der Waals surface area contributed by atoms with E-state index in [4.69, 9.17) is 16.3 Å². The van der Waals surface area contributed by atoms with E-state index < -0.39 is 6.04 Å². The van der Waals surface area contributed by atoms with Gasteiger partial charge in [-0.05, 0) is 60.4 Å². The number of halogens is 2. The second-order valence-electron chi connectivity index (χ2n) is 8.70. The molecule has 0 heterocycles. The molecule has 3 aromatic rings. The van der Waals surface area contributed by atoms with Crippen LogP contribution in [-0.4, -0.2) is 35.9 Å². The SMILES string of the molecule is CCCCNC(=O)[C@H](Cc1ccccc1)N(Cc1cccc(Br)c1)C(=O)COc1ccc(Cl)c(C)c1. The maximum absolute atomic E-state index is 13.6. The maximum atomic E-state index is 13.6. The number of amides is 2. The molecule has 1 N–H and O–H groups in total. The largest absolute Gasteiger partial charge is 0.484 e. The van der Waals surface area contributed by atoms with E-state index in [0.29, 0.717) is 23.7 Å². The van der Waals surface area contributed by atoms with Gasteiger partial charge in [-0.3, -0.25) is 9.59 Å². The summed E-state index contributed by atoms with van der Waals surface area (Å²) in [7, 11) is 0. The molecule has 0 fully saturated rings. The lowest BCUT2D eigenvalue weighted by molar-refractivity contribution is -0.142. The molecule has 3 aromatic carbocycles. The molecule has 0 spiro atoms. The average Bonchev–Trinajstić information content (AvgIpc) is 2.87. The zero-order chi connectivity index (χ0) is 25.9. The average molecular weight is 572 g/mol. The Bertz CT molecular complexity index is 1160. The van der Waals surface area contributed by atoms with Crippen molar-refractivity contribution in [2.45, 2.75) is 45.7 Å². The van der Waals surface area contributed by atoms with E-state index in [1.807, 2.05) is 61.5 Å². The number of carbonyl (C=O) groups excluding carboxylic acids is 2. The first-order chi connectivity index (χ1) is 17.4. The summed E-state index contributed by atoms with van der Waals surface area (Å²) in [5.74, 6) is 0.117. The topological polar surface area (TPSA) is 58.6 Å². The molecule has 0 radical (unpaired) electrons. The summed E-state index contributed by atoms with van der Waals surface area (Å²) in [6.45, 7) is 4.61. The molecule has 3 rings (SSSR count). The Labute approximate surface area is 226 Å². The van der Waals surface area contributed by atoms with E-state index in [9.17, 15) is 9.59 Å². The zero-order valence-corrected chi connectivity index (χ0v) is 23.0. The number of nitrogens with zero attached hydrogens (tertiary/aromatic N) is 1. The summed E-state index contributed by atoms with van der Waals surface area (Å²) in [4.78, 5) is 28.6. The Morgan fingerprint density at radius 3 is 2.47 bits per heavy atom. The molecule has 0 aliphatic heterocycles. The van der Waals surface area contributed by atoms with Gasteiger partial charge in [0.1, 0.15) is 11.8 Å². The molecule has 0 aromatic heterocycles. The zero-order valence-electron chi connectivity index (χ0n) is 20.7. The molecule has 2 amide bonds. The molecule has 5 nitrogen and oxygen atoms in total. The van der Waals surface area contributed by atoms with E-state index in [-0.39, 0.29) is 25.0 Å². The molecular formula is C29H32BrClN2O3. The first-order valence-corrected chi connectivity index (χ1v) is 13.3. The van der Waals surface area contributed by atoms with Gasteiger partial charge in [0.15, 0.2) is 6.61 Å². The highest BCUT2D eigenvalue weighted by Crippen LogP contribution is 2.22. The van der Waals surface area contributed by atoms with Gasteiger partial charge in [0.2, 0.25) is 5.91 Å². The minimum absolute atomic E-state index is 0.169. The number of unbranched alkanes of at least 4 members (excludes halogenated alkanes) is 1. The highest BCUT2D eigenvalue weighted by molar-refractivity contribution is 9.10. The summed E-state index contributed by atoms with van der Waals surface area (Å²) in [6, 6.07) is 22.1. The van der Waals surface area contributed by atoms with Crippen molar-refractivity contribution in [3.8, 4) is 5.75 Å². The van der Waals surface area contributed by atoms with Crippen molar-refractivity contribution in [2.24, 2.45) is 0 Å². The minimum Gasteiger partial charge on any atom is -0.484 e. The third kappa shape index (κ3) is 8.38. The smallest absolute Gasteiger partial charge is 0.261 e. The van der Waals surface area contributed by atoms with Gasteiger partial charge < -0.3 is 15.0 Å². The third-order valence-electron chi connectivity index (χ3n) is 5.83. The van der Waals surface area contributed by atoms with E-state index in [1.165, 1.54) is 0 Å². The van der Waals surface area contributed by atoms with Crippen molar-refractivity contribution in [2.75, 3.05) is 13.2 Å². The van der Waals surface area contributed by atoms with Crippen LogP contribution < -0.4 is 10.1 Å². The summed E-state index contributed by atoms with van der Waals surface area (Å²) < 4.78 is 6.74. The first-order valence-electron chi connectivity index (χ1n) is 12.1. The number of ether oxygens (including phenoxy) is 1. The van der Waals surface area contributed by atoms with Crippen LogP contribution in [0.2, 0.25) is 5.02 Å². The maximum Gasteiger partial charge on any atom is 0.261 e. The van der Waals surface area contributed by atoms with Gasteiger partial charge in [0, 0.05) is 29.0 Å². The Hall–Kier alpha value is -2.83. The normalized spacial score (nSPS) is 11.6. The van der Waals surface area contributed by atoms with Crippen LogP contribution in [0, 0.1) is 6.92 Å². The number of hydrogen-bond donors (Lipinski definition) is 1. The van der Waals surface area contributed by atoms with Crippen molar-refractivity contribution in [1.82, 2.24) is 10.2 Å². The standard InChI is InChI=1S/C29H32BrClN2O3/c1-3-4-15-32-29(35)27(18-22-9-6-5-7-10-22)33(19-23-11-8-12-24(30)17-23)28(34)20-36-25-13-14-26(31)21(2)16-25/h5-14,16-17,27H,3-4,15,18-20H2,1-2H3,(H,32,35)/t27-/m0/s1. The summed E-state index contributed by atoms with van der Waals surface area (Å²) in [6.07, 6.45) is 2.25. The Morgan fingerprint density at radius 1 is 1.03 bits per heavy atom. The van der Waals surface area contributed by atoms with Crippen molar-refractivity contribution < 1.29 is 14.3 Å². The lowest BCUT2D eigenvalue weighted by atomic mass is 10.0. The van der Waals surface area contributed by atoms with E-state index in [1.54, 1.807) is 23.1 Å². The molecule has 0 saturated carbocycles. The molecule has 0 unspecified atom stereocenters. The third-order valence-corrected chi connectivity index (χ3v) is 6.75. The van der Waals surface area contributed by atoms with Crippen molar-refractivity contribution in [3.63, 3.8) is 0 Å². The lowest BCUT2D eigenvalue weighted by Crippen LogP contribution is -2.51. The number of nitrogens with one attached hydrogen (secondary N) is 1. The van der Waals surface area contributed by atoms with E-state index in [0.717, 1.165) is 34.0 Å². The van der Waals surface area contributed by atoms with Crippen LogP contribution in [-0.2, 0) is 22.6 Å². The molecule has 190 valence electrons. The molecule has 0 aliphatic rings. The molecule has 0 aliphatic carbocycles. The number of rotatable bonds is 12. The van der Waals surface area contributed by atoms with Crippen LogP contribution in [0.15, 0.2) is 77.3 Å². The van der Waals surface area contributed by atoms with Gasteiger partial charge in [-0.15, -0.1) is 0 Å².